The van der Waals surface area contributed by atoms with Crippen LogP contribution in [0.3, 0.4) is 0 Å². The van der Waals surface area contributed by atoms with E-state index in [4.69, 9.17) is 0 Å². The van der Waals surface area contributed by atoms with Crippen LogP contribution in [0.1, 0.15) is 18.4 Å². The Bertz CT molecular complexity index is 647. The number of H-pyrrole nitrogens is 1. The molecule has 2 amide bonds. The number of aromatic amines is 1. The van der Waals surface area contributed by atoms with Gasteiger partial charge in [0.1, 0.15) is 0 Å². The second-order valence-corrected chi connectivity index (χ2v) is 5.14. The summed E-state index contributed by atoms with van der Waals surface area (Å²) in [6.45, 7) is 0.507. The highest BCUT2D eigenvalue weighted by molar-refractivity contribution is 5.88. The first-order valence-corrected chi connectivity index (χ1v) is 6.83. The topological polar surface area (TPSA) is 74.0 Å². The molecule has 1 aliphatic heterocycles. The van der Waals surface area contributed by atoms with E-state index in [1.165, 1.54) is 0 Å². The second kappa shape index (κ2) is 5.36. The van der Waals surface area contributed by atoms with Crippen LogP contribution < -0.4 is 10.6 Å². The number of para-hydroxylation sites is 1. The van der Waals surface area contributed by atoms with Crippen LogP contribution in [0.2, 0.25) is 0 Å². The van der Waals surface area contributed by atoms with E-state index in [0.29, 0.717) is 19.4 Å². The molecule has 0 radical (unpaired) electrons. The van der Waals surface area contributed by atoms with Crippen LogP contribution in [0.25, 0.3) is 10.9 Å². The summed E-state index contributed by atoms with van der Waals surface area (Å²) >= 11 is 0. The predicted molar refractivity (Wildman–Crippen MR) is 76.2 cm³/mol. The number of aromatic nitrogens is 1. The molecule has 3 N–H and O–H groups in total. The van der Waals surface area contributed by atoms with Crippen LogP contribution in [0.15, 0.2) is 30.5 Å². The van der Waals surface area contributed by atoms with Gasteiger partial charge in [0.2, 0.25) is 11.8 Å². The first-order chi connectivity index (χ1) is 9.72. The molecule has 1 fully saturated rings. The Morgan fingerprint density at radius 2 is 2.20 bits per heavy atom. The standard InChI is InChI=1S/C15H17N3O2/c19-14-6-5-11(18-14)9-17-15(20)7-10-8-16-13-4-2-1-3-12(10)13/h1-4,8,11,16H,5-7,9H2,(H,17,20)(H,18,19). The van der Waals surface area contributed by atoms with E-state index in [0.717, 1.165) is 22.9 Å². The number of fused-ring (bicyclic) bond motifs is 1. The van der Waals surface area contributed by atoms with Crippen molar-refractivity contribution in [3.05, 3.63) is 36.0 Å². The largest absolute Gasteiger partial charge is 0.361 e. The van der Waals surface area contributed by atoms with E-state index in [9.17, 15) is 9.59 Å². The number of hydrogen-bond acceptors (Lipinski definition) is 2. The predicted octanol–water partition coefficient (Wildman–Crippen LogP) is 1.11. The van der Waals surface area contributed by atoms with Gasteiger partial charge >= 0.3 is 0 Å². The number of rotatable bonds is 4. The zero-order chi connectivity index (χ0) is 13.9. The Morgan fingerprint density at radius 1 is 1.35 bits per heavy atom. The lowest BCUT2D eigenvalue weighted by atomic mass is 10.1. The lowest BCUT2D eigenvalue weighted by Crippen LogP contribution is -2.38. The number of nitrogens with one attached hydrogen (secondary N) is 3. The highest BCUT2D eigenvalue weighted by atomic mass is 16.2. The summed E-state index contributed by atoms with van der Waals surface area (Å²) in [5.74, 6) is 0.0526. The average molecular weight is 271 g/mol. The molecule has 1 saturated heterocycles. The van der Waals surface area contributed by atoms with Crippen LogP contribution >= 0.6 is 0 Å². The van der Waals surface area contributed by atoms with Gasteiger partial charge in [-0.3, -0.25) is 9.59 Å². The SMILES string of the molecule is O=C(Cc1c[nH]c2ccccc12)NCC1CCC(=O)N1. The van der Waals surface area contributed by atoms with Gasteiger partial charge in [0.25, 0.3) is 0 Å². The van der Waals surface area contributed by atoms with E-state index in [-0.39, 0.29) is 17.9 Å². The first kappa shape index (κ1) is 12.7. The van der Waals surface area contributed by atoms with Crippen molar-refractivity contribution in [2.24, 2.45) is 0 Å². The normalized spacial score (nSPS) is 18.2. The molecule has 1 aromatic carbocycles. The highest BCUT2D eigenvalue weighted by Gasteiger charge is 2.21. The van der Waals surface area contributed by atoms with E-state index < -0.39 is 0 Å². The molecule has 1 aromatic heterocycles. The Morgan fingerprint density at radius 3 is 3.00 bits per heavy atom. The van der Waals surface area contributed by atoms with E-state index in [1.807, 2.05) is 30.5 Å². The van der Waals surface area contributed by atoms with Gasteiger partial charge < -0.3 is 15.6 Å². The third-order valence-corrected chi connectivity index (χ3v) is 3.66. The fraction of sp³-hybridized carbons (Fsp3) is 0.333. The second-order valence-electron chi connectivity index (χ2n) is 5.14. The van der Waals surface area contributed by atoms with Gasteiger partial charge in [-0.15, -0.1) is 0 Å². The van der Waals surface area contributed by atoms with E-state index in [2.05, 4.69) is 15.6 Å². The molecule has 2 heterocycles. The number of benzene rings is 1. The summed E-state index contributed by atoms with van der Waals surface area (Å²) in [6, 6.07) is 8.00. The van der Waals surface area contributed by atoms with Crippen LogP contribution in [0.4, 0.5) is 0 Å². The van der Waals surface area contributed by atoms with Crippen molar-refractivity contribution in [2.75, 3.05) is 6.54 Å². The number of amides is 2. The molecule has 0 spiro atoms. The van der Waals surface area contributed by atoms with Gasteiger partial charge in [-0.1, -0.05) is 18.2 Å². The van der Waals surface area contributed by atoms with Crippen molar-refractivity contribution in [1.29, 1.82) is 0 Å². The van der Waals surface area contributed by atoms with Crippen molar-refractivity contribution in [2.45, 2.75) is 25.3 Å². The van der Waals surface area contributed by atoms with Gasteiger partial charge in [-0.05, 0) is 18.1 Å². The molecule has 3 rings (SSSR count). The van der Waals surface area contributed by atoms with Crippen molar-refractivity contribution in [3.8, 4) is 0 Å². The van der Waals surface area contributed by atoms with Crippen LogP contribution in [-0.2, 0) is 16.0 Å². The molecule has 0 aliphatic carbocycles. The quantitative estimate of drug-likeness (QED) is 0.779. The smallest absolute Gasteiger partial charge is 0.224 e. The third kappa shape index (κ3) is 2.66. The number of hydrogen-bond donors (Lipinski definition) is 3. The Hall–Kier alpha value is -2.30. The lowest BCUT2D eigenvalue weighted by molar-refractivity contribution is -0.121. The molecule has 104 valence electrons. The fourth-order valence-electron chi connectivity index (χ4n) is 2.58. The van der Waals surface area contributed by atoms with Gasteiger partial charge in [0.05, 0.1) is 6.42 Å². The van der Waals surface area contributed by atoms with E-state index >= 15 is 0 Å². The molecular formula is C15H17N3O2. The molecule has 2 aromatic rings. The maximum absolute atomic E-state index is 12.0. The summed E-state index contributed by atoms with van der Waals surface area (Å²) < 4.78 is 0. The molecule has 5 heteroatoms. The Balaban J connectivity index is 1.57. The summed E-state index contributed by atoms with van der Waals surface area (Å²) in [5.41, 5.74) is 2.03. The highest BCUT2D eigenvalue weighted by Crippen LogP contribution is 2.17. The zero-order valence-electron chi connectivity index (χ0n) is 11.1. The van der Waals surface area contributed by atoms with Gasteiger partial charge in [-0.25, -0.2) is 0 Å². The zero-order valence-corrected chi connectivity index (χ0v) is 11.1. The first-order valence-electron chi connectivity index (χ1n) is 6.83. The monoisotopic (exact) mass is 271 g/mol. The molecule has 0 saturated carbocycles. The van der Waals surface area contributed by atoms with Crippen LogP contribution in [0.5, 0.6) is 0 Å². The average Bonchev–Trinajstić information content (AvgIpc) is 3.04. The summed E-state index contributed by atoms with van der Waals surface area (Å²) in [4.78, 5) is 26.2. The molecule has 20 heavy (non-hydrogen) atoms. The number of carbonyl (C=O) groups excluding carboxylic acids is 2. The number of carbonyl (C=O) groups is 2. The molecule has 1 unspecified atom stereocenters. The lowest BCUT2D eigenvalue weighted by Gasteiger charge is -2.11. The summed E-state index contributed by atoms with van der Waals surface area (Å²) in [6.07, 6.45) is 3.58. The van der Waals surface area contributed by atoms with Crippen molar-refractivity contribution in [1.82, 2.24) is 15.6 Å². The molecule has 0 bridgehead atoms. The van der Waals surface area contributed by atoms with Crippen LogP contribution in [-0.4, -0.2) is 29.4 Å². The van der Waals surface area contributed by atoms with Crippen molar-refractivity contribution >= 4 is 22.7 Å². The van der Waals surface area contributed by atoms with E-state index in [1.54, 1.807) is 0 Å². The molecular weight excluding hydrogens is 254 g/mol. The van der Waals surface area contributed by atoms with Crippen molar-refractivity contribution in [3.63, 3.8) is 0 Å². The molecule has 5 nitrogen and oxygen atoms in total. The minimum Gasteiger partial charge on any atom is -0.361 e. The van der Waals surface area contributed by atoms with Crippen molar-refractivity contribution < 1.29 is 9.59 Å². The van der Waals surface area contributed by atoms with Gasteiger partial charge in [0.15, 0.2) is 0 Å². The van der Waals surface area contributed by atoms with Gasteiger partial charge in [-0.2, -0.15) is 0 Å². The molecule has 1 atom stereocenters. The van der Waals surface area contributed by atoms with Gasteiger partial charge in [0, 0.05) is 36.1 Å². The minimum atomic E-state index is -0.0177. The Labute approximate surface area is 116 Å². The maximum atomic E-state index is 12.0. The summed E-state index contributed by atoms with van der Waals surface area (Å²) in [5, 5.41) is 6.80. The third-order valence-electron chi connectivity index (χ3n) is 3.66. The Kier molecular flexibility index (Phi) is 3.41. The maximum Gasteiger partial charge on any atom is 0.224 e. The van der Waals surface area contributed by atoms with Crippen LogP contribution in [0, 0.1) is 0 Å². The molecule has 1 aliphatic rings. The fourth-order valence-corrected chi connectivity index (χ4v) is 2.58. The summed E-state index contributed by atoms with van der Waals surface area (Å²) in [7, 11) is 0. The minimum absolute atomic E-state index is 0.0177.